The Morgan fingerprint density at radius 3 is 2.56 bits per heavy atom. The van der Waals surface area contributed by atoms with Gasteiger partial charge in [0.05, 0.1) is 0 Å². The number of rotatable bonds is 5. The van der Waals surface area contributed by atoms with Gasteiger partial charge in [0.15, 0.2) is 0 Å². The van der Waals surface area contributed by atoms with Gasteiger partial charge in [-0.3, -0.25) is 9.69 Å². The molecule has 0 aromatic heterocycles. The number of anilines is 1. The van der Waals surface area contributed by atoms with Crippen LogP contribution in [0, 0.1) is 6.92 Å². The lowest BCUT2D eigenvalue weighted by molar-refractivity contribution is -0.117. The average molecular weight is 337 g/mol. The highest BCUT2D eigenvalue weighted by molar-refractivity contribution is 5.95. The second kappa shape index (κ2) is 8.28. The lowest BCUT2D eigenvalue weighted by Crippen LogP contribution is -2.29. The van der Waals surface area contributed by atoms with Gasteiger partial charge >= 0.3 is 0 Å². The second-order valence-electron chi connectivity index (χ2n) is 6.91. The third-order valence-electron chi connectivity index (χ3n) is 4.77. The van der Waals surface area contributed by atoms with Gasteiger partial charge in [0.25, 0.3) is 0 Å². The minimum atomic E-state index is -0.661. The number of amides is 1. The lowest BCUT2D eigenvalue weighted by Gasteiger charge is -2.26. The van der Waals surface area contributed by atoms with Gasteiger partial charge in [0.2, 0.25) is 5.91 Å². The van der Waals surface area contributed by atoms with Crippen molar-refractivity contribution in [3.05, 3.63) is 65.2 Å². The van der Waals surface area contributed by atoms with Crippen LogP contribution in [0.4, 0.5) is 5.69 Å². The molecule has 132 valence electrons. The first-order valence-corrected chi connectivity index (χ1v) is 9.06. The summed E-state index contributed by atoms with van der Waals surface area (Å²) in [6.07, 6.45) is 3.90. The Bertz CT molecular complexity index is 705. The predicted octanol–water partition coefficient (Wildman–Crippen LogP) is 3.62. The van der Waals surface area contributed by atoms with Crippen LogP contribution in [0.15, 0.2) is 48.5 Å². The summed E-state index contributed by atoms with van der Waals surface area (Å²) in [5.74, 6) is -0.182. The summed E-state index contributed by atoms with van der Waals surface area (Å²) in [5, 5.41) is 2.95. The van der Waals surface area contributed by atoms with Gasteiger partial charge in [-0.2, -0.15) is 0 Å². The van der Waals surface area contributed by atoms with Crippen LogP contribution < -0.4 is 11.1 Å². The fourth-order valence-electron chi connectivity index (χ4n) is 3.27. The van der Waals surface area contributed by atoms with E-state index in [2.05, 4.69) is 16.3 Å². The zero-order chi connectivity index (χ0) is 17.6. The molecular formula is C21H27N3O. The molecule has 1 amide bonds. The SMILES string of the molecule is Cc1ccc(C(N)C(=O)Nc2cccc(CN3CCCCC3)c2)cc1. The molecule has 0 radical (unpaired) electrons. The van der Waals surface area contributed by atoms with Crippen LogP contribution in [0.1, 0.15) is 42.0 Å². The normalized spacial score (nSPS) is 16.4. The third kappa shape index (κ3) is 4.91. The summed E-state index contributed by atoms with van der Waals surface area (Å²) in [6, 6.07) is 15.2. The van der Waals surface area contributed by atoms with Crippen LogP contribution in [0.3, 0.4) is 0 Å². The smallest absolute Gasteiger partial charge is 0.245 e. The van der Waals surface area contributed by atoms with Gasteiger partial charge in [0.1, 0.15) is 6.04 Å². The van der Waals surface area contributed by atoms with Crippen molar-refractivity contribution in [3.8, 4) is 0 Å². The van der Waals surface area contributed by atoms with Crippen LogP contribution in [0.25, 0.3) is 0 Å². The van der Waals surface area contributed by atoms with E-state index in [1.807, 2.05) is 49.4 Å². The van der Waals surface area contributed by atoms with E-state index in [1.54, 1.807) is 0 Å². The molecule has 4 heteroatoms. The quantitative estimate of drug-likeness (QED) is 0.876. The Labute approximate surface area is 150 Å². The van der Waals surface area contributed by atoms with Crippen LogP contribution in [-0.4, -0.2) is 23.9 Å². The molecule has 0 aliphatic carbocycles. The third-order valence-corrected chi connectivity index (χ3v) is 4.77. The summed E-state index contributed by atoms with van der Waals surface area (Å²) in [4.78, 5) is 14.9. The van der Waals surface area contributed by atoms with Crippen LogP contribution in [0.2, 0.25) is 0 Å². The summed E-state index contributed by atoms with van der Waals surface area (Å²) in [6.45, 7) is 5.28. The zero-order valence-corrected chi connectivity index (χ0v) is 14.9. The fraction of sp³-hybridized carbons (Fsp3) is 0.381. The first kappa shape index (κ1) is 17.6. The zero-order valence-electron chi connectivity index (χ0n) is 14.9. The number of likely N-dealkylation sites (tertiary alicyclic amines) is 1. The molecule has 3 rings (SSSR count). The van der Waals surface area contributed by atoms with Gasteiger partial charge in [-0.25, -0.2) is 0 Å². The molecule has 4 nitrogen and oxygen atoms in total. The van der Waals surface area contributed by atoms with Crippen LogP contribution in [0.5, 0.6) is 0 Å². The highest BCUT2D eigenvalue weighted by Gasteiger charge is 2.16. The van der Waals surface area contributed by atoms with Crippen molar-refractivity contribution in [3.63, 3.8) is 0 Å². The first-order valence-electron chi connectivity index (χ1n) is 9.06. The van der Waals surface area contributed by atoms with E-state index in [-0.39, 0.29) is 5.91 Å². The summed E-state index contributed by atoms with van der Waals surface area (Å²) >= 11 is 0. The monoisotopic (exact) mass is 337 g/mol. The maximum Gasteiger partial charge on any atom is 0.245 e. The Kier molecular flexibility index (Phi) is 5.84. The molecule has 1 aliphatic heterocycles. The van der Waals surface area contributed by atoms with Gasteiger partial charge in [0, 0.05) is 12.2 Å². The number of benzene rings is 2. The number of carbonyl (C=O) groups excluding carboxylic acids is 1. The molecule has 2 aromatic rings. The number of hydrogen-bond donors (Lipinski definition) is 2. The van der Waals surface area contributed by atoms with E-state index in [0.29, 0.717) is 0 Å². The number of piperidine rings is 1. The lowest BCUT2D eigenvalue weighted by atomic mass is 10.1. The fourth-order valence-corrected chi connectivity index (χ4v) is 3.27. The molecule has 1 aliphatic rings. The largest absolute Gasteiger partial charge is 0.324 e. The molecule has 0 saturated carbocycles. The molecule has 1 saturated heterocycles. The average Bonchev–Trinajstić information content (AvgIpc) is 2.63. The summed E-state index contributed by atoms with van der Waals surface area (Å²) in [5.41, 5.74) is 10.1. The topological polar surface area (TPSA) is 58.4 Å². The van der Waals surface area contributed by atoms with E-state index >= 15 is 0 Å². The van der Waals surface area contributed by atoms with Crippen molar-refractivity contribution in [1.82, 2.24) is 4.90 Å². The molecule has 0 bridgehead atoms. The molecule has 2 aromatic carbocycles. The number of nitrogens with zero attached hydrogens (tertiary/aromatic N) is 1. The Balaban J connectivity index is 1.62. The van der Waals surface area contributed by atoms with Crippen molar-refractivity contribution in [2.24, 2.45) is 5.73 Å². The molecule has 1 unspecified atom stereocenters. The maximum absolute atomic E-state index is 12.5. The number of nitrogens with two attached hydrogens (primary N) is 1. The van der Waals surface area contributed by atoms with Gasteiger partial charge in [-0.15, -0.1) is 0 Å². The summed E-state index contributed by atoms with van der Waals surface area (Å²) in [7, 11) is 0. The number of carbonyl (C=O) groups is 1. The maximum atomic E-state index is 12.5. The molecule has 0 spiro atoms. The molecule has 1 heterocycles. The highest BCUT2D eigenvalue weighted by atomic mass is 16.2. The van der Waals surface area contributed by atoms with Crippen molar-refractivity contribution < 1.29 is 4.79 Å². The summed E-state index contributed by atoms with van der Waals surface area (Å²) < 4.78 is 0. The van der Waals surface area contributed by atoms with Crippen LogP contribution >= 0.6 is 0 Å². The minimum Gasteiger partial charge on any atom is -0.324 e. The molecular weight excluding hydrogens is 310 g/mol. The van der Waals surface area contributed by atoms with Gasteiger partial charge in [-0.1, -0.05) is 48.4 Å². The van der Waals surface area contributed by atoms with Crippen molar-refractivity contribution >= 4 is 11.6 Å². The van der Waals surface area contributed by atoms with Crippen molar-refractivity contribution in [2.45, 2.75) is 38.8 Å². The Morgan fingerprint density at radius 1 is 1.12 bits per heavy atom. The molecule has 1 fully saturated rings. The Morgan fingerprint density at radius 2 is 1.84 bits per heavy atom. The molecule has 3 N–H and O–H groups in total. The van der Waals surface area contributed by atoms with E-state index in [1.165, 1.54) is 24.8 Å². The standard InChI is InChI=1S/C21H27N3O/c1-16-8-10-18(11-9-16)20(22)21(25)23-19-7-5-6-17(14-19)15-24-12-3-2-4-13-24/h5-11,14,20H,2-4,12-13,15,22H2,1H3,(H,23,25). The number of nitrogens with one attached hydrogen (secondary N) is 1. The van der Waals surface area contributed by atoms with Crippen molar-refractivity contribution in [2.75, 3.05) is 18.4 Å². The van der Waals surface area contributed by atoms with Gasteiger partial charge < -0.3 is 11.1 Å². The Hall–Kier alpha value is -2.17. The van der Waals surface area contributed by atoms with Gasteiger partial charge in [-0.05, 0) is 56.1 Å². The highest BCUT2D eigenvalue weighted by Crippen LogP contribution is 2.18. The predicted molar refractivity (Wildman–Crippen MR) is 102 cm³/mol. The number of hydrogen-bond acceptors (Lipinski definition) is 3. The molecule has 25 heavy (non-hydrogen) atoms. The van der Waals surface area contributed by atoms with Crippen molar-refractivity contribution in [1.29, 1.82) is 0 Å². The number of aryl methyl sites for hydroxylation is 1. The van der Waals surface area contributed by atoms with Crippen LogP contribution in [-0.2, 0) is 11.3 Å². The first-order chi connectivity index (χ1) is 12.1. The van der Waals surface area contributed by atoms with E-state index in [9.17, 15) is 4.79 Å². The minimum absolute atomic E-state index is 0.182. The van der Waals surface area contributed by atoms with E-state index in [0.717, 1.165) is 36.4 Å². The molecule has 1 atom stereocenters. The van der Waals surface area contributed by atoms with E-state index < -0.39 is 6.04 Å². The van der Waals surface area contributed by atoms with E-state index in [4.69, 9.17) is 5.73 Å². The second-order valence-corrected chi connectivity index (χ2v) is 6.91.